The maximum absolute atomic E-state index is 4.18. The van der Waals surface area contributed by atoms with Crippen molar-refractivity contribution >= 4 is 0 Å². The van der Waals surface area contributed by atoms with Crippen molar-refractivity contribution in [1.29, 1.82) is 0 Å². The number of hydrogen-bond donors (Lipinski definition) is 0. The number of likely N-dealkylation sites (N-methyl/N-ethyl adjacent to an activating group) is 1. The van der Waals surface area contributed by atoms with E-state index in [-0.39, 0.29) is 0 Å². The Bertz CT molecular complexity index is 286. The molecule has 1 aliphatic heterocycles. The van der Waals surface area contributed by atoms with Gasteiger partial charge in [0.15, 0.2) is 0 Å². The van der Waals surface area contributed by atoms with Gasteiger partial charge in [-0.05, 0) is 7.05 Å². The van der Waals surface area contributed by atoms with E-state index in [0.717, 1.165) is 6.54 Å². The molecule has 0 amide bonds. The lowest BCUT2D eigenvalue weighted by Gasteiger charge is -2.31. The lowest BCUT2D eigenvalue weighted by molar-refractivity contribution is 0.148. The maximum Gasteiger partial charge on any atom is 0.0534 e. The minimum atomic E-state index is 1.04. The fourth-order valence-corrected chi connectivity index (χ4v) is 1.82. The first-order valence-electron chi connectivity index (χ1n) is 5.12. The summed E-state index contributed by atoms with van der Waals surface area (Å²) in [6.45, 7) is 5.75. The Morgan fingerprint density at radius 2 is 1.93 bits per heavy atom. The van der Waals surface area contributed by atoms with Crippen LogP contribution in [0.25, 0.3) is 0 Å². The molecular formula is C10H18N4. The fourth-order valence-electron chi connectivity index (χ4n) is 1.82. The monoisotopic (exact) mass is 194 g/mol. The molecule has 1 saturated heterocycles. The highest BCUT2D eigenvalue weighted by molar-refractivity contribution is 5.03. The van der Waals surface area contributed by atoms with Gasteiger partial charge < -0.3 is 4.90 Å². The van der Waals surface area contributed by atoms with Crippen molar-refractivity contribution < 1.29 is 0 Å². The van der Waals surface area contributed by atoms with Crippen LogP contribution < -0.4 is 0 Å². The highest BCUT2D eigenvalue weighted by Gasteiger charge is 2.13. The Balaban J connectivity index is 1.86. The van der Waals surface area contributed by atoms with Crippen LogP contribution in [0.1, 0.15) is 5.56 Å². The second-order valence-electron chi connectivity index (χ2n) is 4.10. The minimum Gasteiger partial charge on any atom is -0.304 e. The molecule has 0 radical (unpaired) electrons. The molecule has 0 saturated carbocycles. The van der Waals surface area contributed by atoms with Crippen molar-refractivity contribution in [2.45, 2.75) is 6.54 Å². The molecule has 1 fully saturated rings. The van der Waals surface area contributed by atoms with E-state index in [4.69, 9.17) is 0 Å². The zero-order chi connectivity index (χ0) is 9.97. The predicted octanol–water partition coefficient (Wildman–Crippen LogP) is 0.167. The highest BCUT2D eigenvalue weighted by atomic mass is 15.3. The predicted molar refractivity (Wildman–Crippen MR) is 56.0 cm³/mol. The van der Waals surface area contributed by atoms with Crippen molar-refractivity contribution in [3.63, 3.8) is 0 Å². The Kier molecular flexibility index (Phi) is 2.84. The van der Waals surface area contributed by atoms with E-state index in [1.807, 2.05) is 17.9 Å². The van der Waals surface area contributed by atoms with E-state index in [2.05, 4.69) is 28.1 Å². The number of aryl methyl sites for hydroxylation is 1. The Labute approximate surface area is 85.1 Å². The smallest absolute Gasteiger partial charge is 0.0534 e. The number of rotatable bonds is 2. The van der Waals surface area contributed by atoms with Crippen molar-refractivity contribution in [2.75, 3.05) is 33.2 Å². The second-order valence-corrected chi connectivity index (χ2v) is 4.10. The molecular weight excluding hydrogens is 176 g/mol. The Morgan fingerprint density at radius 3 is 2.50 bits per heavy atom. The molecule has 1 aromatic rings. The van der Waals surface area contributed by atoms with Crippen LogP contribution in [-0.4, -0.2) is 52.8 Å². The second kappa shape index (κ2) is 4.11. The number of nitrogens with zero attached hydrogens (tertiary/aromatic N) is 4. The van der Waals surface area contributed by atoms with Crippen LogP contribution in [0.2, 0.25) is 0 Å². The van der Waals surface area contributed by atoms with Gasteiger partial charge in [-0.15, -0.1) is 0 Å². The maximum atomic E-state index is 4.18. The third-order valence-corrected chi connectivity index (χ3v) is 2.76. The van der Waals surface area contributed by atoms with Crippen molar-refractivity contribution in [1.82, 2.24) is 19.6 Å². The molecule has 2 heterocycles. The van der Waals surface area contributed by atoms with E-state index in [0.29, 0.717) is 0 Å². The summed E-state index contributed by atoms with van der Waals surface area (Å²) in [5, 5.41) is 4.18. The van der Waals surface area contributed by atoms with Gasteiger partial charge in [-0.1, -0.05) is 0 Å². The molecule has 0 unspecified atom stereocenters. The van der Waals surface area contributed by atoms with E-state index >= 15 is 0 Å². The van der Waals surface area contributed by atoms with Gasteiger partial charge in [0.2, 0.25) is 0 Å². The number of aromatic nitrogens is 2. The van der Waals surface area contributed by atoms with Gasteiger partial charge in [0, 0.05) is 51.5 Å². The zero-order valence-corrected chi connectivity index (χ0v) is 8.98. The average molecular weight is 194 g/mol. The molecule has 1 aliphatic rings. The van der Waals surface area contributed by atoms with Gasteiger partial charge in [-0.3, -0.25) is 9.58 Å². The zero-order valence-electron chi connectivity index (χ0n) is 8.98. The normalized spacial score (nSPS) is 20.1. The van der Waals surface area contributed by atoms with Crippen LogP contribution in [0.4, 0.5) is 0 Å². The lowest BCUT2D eigenvalue weighted by atomic mass is 10.3. The molecule has 2 rings (SSSR count). The minimum absolute atomic E-state index is 1.04. The molecule has 14 heavy (non-hydrogen) atoms. The fraction of sp³-hybridized carbons (Fsp3) is 0.700. The summed E-state index contributed by atoms with van der Waals surface area (Å²) in [6, 6.07) is 0. The largest absolute Gasteiger partial charge is 0.304 e. The molecule has 0 aliphatic carbocycles. The summed E-state index contributed by atoms with van der Waals surface area (Å²) in [4.78, 5) is 4.86. The van der Waals surface area contributed by atoms with Crippen LogP contribution in [0, 0.1) is 0 Å². The quantitative estimate of drug-likeness (QED) is 0.670. The van der Waals surface area contributed by atoms with Crippen molar-refractivity contribution in [3.8, 4) is 0 Å². The first-order chi connectivity index (χ1) is 6.74. The van der Waals surface area contributed by atoms with Gasteiger partial charge in [-0.25, -0.2) is 0 Å². The first-order valence-corrected chi connectivity index (χ1v) is 5.12. The van der Waals surface area contributed by atoms with Gasteiger partial charge in [0.1, 0.15) is 0 Å². The topological polar surface area (TPSA) is 24.3 Å². The SMILES string of the molecule is CN1CCN(Cc2cnn(C)c2)CC1. The summed E-state index contributed by atoms with van der Waals surface area (Å²) in [5.41, 5.74) is 1.32. The van der Waals surface area contributed by atoms with Crippen LogP contribution >= 0.6 is 0 Å². The first kappa shape index (κ1) is 9.68. The number of piperazine rings is 1. The van der Waals surface area contributed by atoms with Crippen molar-refractivity contribution in [3.05, 3.63) is 18.0 Å². The third-order valence-electron chi connectivity index (χ3n) is 2.76. The van der Waals surface area contributed by atoms with E-state index in [9.17, 15) is 0 Å². The van der Waals surface area contributed by atoms with Crippen LogP contribution in [0.3, 0.4) is 0 Å². The Morgan fingerprint density at radius 1 is 1.21 bits per heavy atom. The molecule has 0 bridgehead atoms. The van der Waals surface area contributed by atoms with Gasteiger partial charge >= 0.3 is 0 Å². The summed E-state index contributed by atoms with van der Waals surface area (Å²) in [6.07, 6.45) is 4.05. The molecule has 1 aromatic heterocycles. The molecule has 0 N–H and O–H groups in total. The van der Waals surface area contributed by atoms with Gasteiger partial charge in [0.05, 0.1) is 6.20 Å². The van der Waals surface area contributed by atoms with E-state index in [1.165, 1.54) is 31.7 Å². The summed E-state index contributed by atoms with van der Waals surface area (Å²) >= 11 is 0. The summed E-state index contributed by atoms with van der Waals surface area (Å²) < 4.78 is 1.87. The van der Waals surface area contributed by atoms with Crippen LogP contribution in [-0.2, 0) is 13.6 Å². The standard InChI is InChI=1S/C10H18N4/c1-12-3-5-14(6-4-12)9-10-7-11-13(2)8-10/h7-8H,3-6,9H2,1-2H3. The summed E-state index contributed by atoms with van der Waals surface area (Å²) in [7, 11) is 4.15. The highest BCUT2D eigenvalue weighted by Crippen LogP contribution is 2.06. The van der Waals surface area contributed by atoms with Gasteiger partial charge in [0.25, 0.3) is 0 Å². The van der Waals surface area contributed by atoms with Crippen LogP contribution in [0.5, 0.6) is 0 Å². The molecule has 4 nitrogen and oxygen atoms in total. The molecule has 4 heteroatoms. The molecule has 0 spiro atoms. The molecule has 78 valence electrons. The third kappa shape index (κ3) is 2.33. The van der Waals surface area contributed by atoms with E-state index in [1.54, 1.807) is 0 Å². The van der Waals surface area contributed by atoms with Crippen molar-refractivity contribution in [2.24, 2.45) is 7.05 Å². The van der Waals surface area contributed by atoms with Gasteiger partial charge in [-0.2, -0.15) is 5.10 Å². The van der Waals surface area contributed by atoms with E-state index < -0.39 is 0 Å². The number of hydrogen-bond acceptors (Lipinski definition) is 3. The molecule has 0 aromatic carbocycles. The Hall–Kier alpha value is -0.870. The lowest BCUT2D eigenvalue weighted by Crippen LogP contribution is -2.43. The summed E-state index contributed by atoms with van der Waals surface area (Å²) in [5.74, 6) is 0. The van der Waals surface area contributed by atoms with Crippen LogP contribution in [0.15, 0.2) is 12.4 Å². The average Bonchev–Trinajstić information content (AvgIpc) is 2.56. The molecule has 0 atom stereocenters.